The van der Waals surface area contributed by atoms with E-state index in [1.165, 1.54) is 4.31 Å². The Kier molecular flexibility index (Phi) is 14.9. The highest BCUT2D eigenvalue weighted by Crippen LogP contribution is 2.25. The molecule has 1 aromatic rings. The number of amides is 7. The van der Waals surface area contributed by atoms with Crippen molar-refractivity contribution in [2.45, 2.75) is 85.5 Å². The van der Waals surface area contributed by atoms with Crippen molar-refractivity contribution in [3.63, 3.8) is 0 Å². The predicted octanol–water partition coefficient (Wildman–Crippen LogP) is 2.96. The van der Waals surface area contributed by atoms with E-state index in [4.69, 9.17) is 10.5 Å². The molecule has 0 saturated carbocycles. The molecule has 13 nitrogen and oxygen atoms in total. The van der Waals surface area contributed by atoms with Crippen LogP contribution in [-0.2, 0) is 30.5 Å². The summed E-state index contributed by atoms with van der Waals surface area (Å²) in [5.41, 5.74) is 6.66. The van der Waals surface area contributed by atoms with E-state index in [-0.39, 0.29) is 37.3 Å². The zero-order valence-corrected chi connectivity index (χ0v) is 27.6. The summed E-state index contributed by atoms with van der Waals surface area (Å²) in [6.45, 7) is 11.0. The van der Waals surface area contributed by atoms with Crippen molar-refractivity contribution in [3.8, 4) is 0 Å². The number of rotatable bonds is 15. The number of nitrogens with one attached hydrogen (secondary N) is 4. The van der Waals surface area contributed by atoms with Gasteiger partial charge in [0.2, 0.25) is 17.7 Å². The fourth-order valence-corrected chi connectivity index (χ4v) is 5.24. The van der Waals surface area contributed by atoms with Crippen molar-refractivity contribution >= 4 is 47.7 Å². The Bertz CT molecular complexity index is 1240. The lowest BCUT2D eigenvalue weighted by Gasteiger charge is -2.29. The Morgan fingerprint density at radius 2 is 1.56 bits per heavy atom. The molecule has 1 aliphatic heterocycles. The van der Waals surface area contributed by atoms with Crippen LogP contribution >= 0.6 is 11.9 Å². The van der Waals surface area contributed by atoms with Crippen LogP contribution in [0, 0.1) is 17.8 Å². The van der Waals surface area contributed by atoms with Gasteiger partial charge in [0.15, 0.2) is 0 Å². The first-order chi connectivity index (χ1) is 21.2. The third-order valence-electron chi connectivity index (χ3n) is 7.12. The van der Waals surface area contributed by atoms with E-state index in [1.54, 1.807) is 26.2 Å². The van der Waals surface area contributed by atoms with E-state index >= 15 is 0 Å². The minimum atomic E-state index is -1.08. The Morgan fingerprint density at radius 1 is 0.911 bits per heavy atom. The van der Waals surface area contributed by atoms with E-state index in [0.29, 0.717) is 18.4 Å². The van der Waals surface area contributed by atoms with Gasteiger partial charge in [-0.25, -0.2) is 9.59 Å². The molecule has 0 spiro atoms. The number of benzene rings is 1. The van der Waals surface area contributed by atoms with Gasteiger partial charge in [0.25, 0.3) is 5.91 Å². The maximum atomic E-state index is 13.5. The lowest BCUT2D eigenvalue weighted by molar-refractivity contribution is -0.134. The molecule has 248 valence electrons. The van der Waals surface area contributed by atoms with Crippen LogP contribution in [0.4, 0.5) is 9.59 Å². The van der Waals surface area contributed by atoms with Crippen LogP contribution < -0.4 is 27.0 Å². The quantitative estimate of drug-likeness (QED) is 0.180. The average Bonchev–Trinajstić information content (AvgIpc) is 3.44. The molecule has 0 unspecified atom stereocenters. The zero-order chi connectivity index (χ0) is 33.7. The lowest BCUT2D eigenvalue weighted by atomic mass is 9.96. The van der Waals surface area contributed by atoms with Crippen LogP contribution in [0.15, 0.2) is 41.3 Å². The van der Waals surface area contributed by atoms with Gasteiger partial charge in [0, 0.05) is 6.42 Å². The van der Waals surface area contributed by atoms with Crippen LogP contribution in [0.3, 0.4) is 0 Å². The molecule has 0 bridgehead atoms. The van der Waals surface area contributed by atoms with Crippen molar-refractivity contribution in [2.75, 3.05) is 6.54 Å². The number of hydrogen-bond acceptors (Lipinski definition) is 8. The molecule has 1 aliphatic rings. The summed E-state index contributed by atoms with van der Waals surface area (Å²) in [5.74, 6) is -3.11. The summed E-state index contributed by atoms with van der Waals surface area (Å²) in [6.07, 6.45) is 0.0421. The highest BCUT2D eigenvalue weighted by molar-refractivity contribution is 8.00. The molecule has 0 aromatic heterocycles. The van der Waals surface area contributed by atoms with Gasteiger partial charge in [-0.1, -0.05) is 78.3 Å². The third-order valence-corrected chi connectivity index (χ3v) is 8.11. The smallest absolute Gasteiger partial charge is 0.408 e. The minimum absolute atomic E-state index is 0.000998. The number of carbonyl (C=O) groups is 6. The van der Waals surface area contributed by atoms with E-state index in [9.17, 15) is 28.8 Å². The van der Waals surface area contributed by atoms with Crippen LogP contribution in [0.2, 0.25) is 0 Å². The number of ether oxygens (including phenoxy) is 1. The summed E-state index contributed by atoms with van der Waals surface area (Å²) in [5, 5.41) is 12.0. The van der Waals surface area contributed by atoms with Crippen molar-refractivity contribution in [2.24, 2.45) is 23.5 Å². The first-order valence-electron chi connectivity index (χ1n) is 15.0. The van der Waals surface area contributed by atoms with Gasteiger partial charge < -0.3 is 26.4 Å². The Hall–Kier alpha value is -4.07. The fourth-order valence-electron chi connectivity index (χ4n) is 4.43. The number of carbonyl (C=O) groups excluding carboxylic acids is 6. The average molecular weight is 647 g/mol. The van der Waals surface area contributed by atoms with Gasteiger partial charge in [-0.3, -0.25) is 28.8 Å². The molecule has 1 heterocycles. The predicted molar refractivity (Wildman–Crippen MR) is 171 cm³/mol. The second kappa shape index (κ2) is 18.0. The monoisotopic (exact) mass is 646 g/mol. The summed E-state index contributed by atoms with van der Waals surface area (Å²) in [6, 6.07) is 5.33. The summed E-state index contributed by atoms with van der Waals surface area (Å²) in [4.78, 5) is 76.6. The van der Waals surface area contributed by atoms with Crippen LogP contribution in [0.5, 0.6) is 0 Å². The molecule has 2 rings (SSSR count). The first-order valence-corrected chi connectivity index (χ1v) is 15.9. The summed E-state index contributed by atoms with van der Waals surface area (Å²) in [7, 11) is 0. The first kappa shape index (κ1) is 37.1. The number of nitrogens with zero attached hydrogens (tertiary/aromatic N) is 1. The third kappa shape index (κ3) is 12.4. The molecule has 0 aliphatic carbocycles. The van der Waals surface area contributed by atoms with Gasteiger partial charge in [0.05, 0.1) is 6.54 Å². The number of hydrogen-bond donors (Lipinski definition) is 5. The van der Waals surface area contributed by atoms with Gasteiger partial charge in [-0.2, -0.15) is 0 Å². The summed E-state index contributed by atoms with van der Waals surface area (Å²) >= 11 is 1.04. The molecule has 6 N–H and O–H groups in total. The Morgan fingerprint density at radius 3 is 2.13 bits per heavy atom. The Balaban J connectivity index is 2.07. The van der Waals surface area contributed by atoms with E-state index in [0.717, 1.165) is 17.5 Å². The van der Waals surface area contributed by atoms with E-state index < -0.39 is 53.9 Å². The molecule has 0 saturated heterocycles. The molecule has 14 heteroatoms. The maximum Gasteiger partial charge on any atom is 0.408 e. The highest BCUT2D eigenvalue weighted by atomic mass is 32.2. The van der Waals surface area contributed by atoms with Crippen molar-refractivity contribution < 1.29 is 33.5 Å². The Labute approximate surface area is 268 Å². The second-order valence-electron chi connectivity index (χ2n) is 11.8. The topological polar surface area (TPSA) is 189 Å². The van der Waals surface area contributed by atoms with Gasteiger partial charge >= 0.3 is 12.1 Å². The molecule has 0 radical (unpaired) electrons. The van der Waals surface area contributed by atoms with Crippen LogP contribution in [0.1, 0.15) is 66.4 Å². The van der Waals surface area contributed by atoms with Crippen molar-refractivity contribution in [1.29, 1.82) is 0 Å². The van der Waals surface area contributed by atoms with Crippen molar-refractivity contribution in [1.82, 2.24) is 25.6 Å². The van der Waals surface area contributed by atoms with E-state index in [1.807, 2.05) is 51.1 Å². The van der Waals surface area contributed by atoms with Crippen LogP contribution in [-0.4, -0.2) is 64.7 Å². The molecule has 45 heavy (non-hydrogen) atoms. The highest BCUT2D eigenvalue weighted by Gasteiger charge is 2.34. The summed E-state index contributed by atoms with van der Waals surface area (Å²) < 4.78 is 6.56. The number of urea groups is 1. The normalized spacial score (nSPS) is 15.4. The molecular formula is C31H46N6O7S. The number of imide groups is 1. The molecule has 7 amide bonds. The lowest BCUT2D eigenvalue weighted by Crippen LogP contribution is -2.60. The standard InChI is InChI=1S/C31H46N6O7S/c1-7-20(6)26(29(41)36-30(42)37-15-22(17-45-37)14-24(32)38)35-28(40)25(19(4)5)34-27(39)23(13-18(2)3)33-31(43)44-16-21-11-9-8-10-12-21/h8-12,17-20,23,25-26H,7,13-16H2,1-6H3,(H2,32,38)(H,33,43)(H,34,39)(H,35,40)(H,36,41,42)/t20-,23-,25-,26-/m0/s1. The van der Waals surface area contributed by atoms with E-state index in [2.05, 4.69) is 21.3 Å². The molecule has 4 atom stereocenters. The SMILES string of the molecule is CC[C@H](C)[C@H](NC(=O)[C@@H](NC(=O)[C@H](CC(C)C)NC(=O)OCc1ccccc1)C(C)C)C(=O)NC(=O)N1CC(CC(N)=O)=CS1. The number of nitrogens with two attached hydrogens (primary N) is 1. The second-order valence-corrected chi connectivity index (χ2v) is 12.7. The minimum Gasteiger partial charge on any atom is -0.445 e. The van der Waals surface area contributed by atoms with Crippen LogP contribution in [0.25, 0.3) is 0 Å². The largest absolute Gasteiger partial charge is 0.445 e. The molecule has 0 fully saturated rings. The van der Waals surface area contributed by atoms with Gasteiger partial charge in [-0.05, 0) is 52.7 Å². The van der Waals surface area contributed by atoms with Crippen molar-refractivity contribution in [3.05, 3.63) is 46.9 Å². The number of alkyl carbamates (subject to hydrolysis) is 1. The fraction of sp³-hybridized carbons (Fsp3) is 0.548. The zero-order valence-electron chi connectivity index (χ0n) is 26.8. The molecular weight excluding hydrogens is 600 g/mol. The number of primary amides is 1. The maximum absolute atomic E-state index is 13.5. The molecule has 1 aromatic carbocycles. The van der Waals surface area contributed by atoms with Gasteiger partial charge in [0.1, 0.15) is 24.7 Å². The van der Waals surface area contributed by atoms with Gasteiger partial charge in [-0.15, -0.1) is 0 Å².